The predicted molar refractivity (Wildman–Crippen MR) is 83.6 cm³/mol. The van der Waals surface area contributed by atoms with Crippen molar-refractivity contribution < 1.29 is 13.9 Å². The van der Waals surface area contributed by atoms with E-state index >= 15 is 0 Å². The number of furan rings is 1. The zero-order valence-corrected chi connectivity index (χ0v) is 13.3. The SMILES string of the molecule is Cc1cc(C)cc(OCC(=O)N/N=C/c2ccc(Br)o2)c1. The van der Waals surface area contributed by atoms with Crippen LogP contribution in [0.5, 0.6) is 5.75 Å². The molecule has 2 rings (SSSR count). The highest BCUT2D eigenvalue weighted by Crippen LogP contribution is 2.16. The molecular weight excluding hydrogens is 336 g/mol. The van der Waals surface area contributed by atoms with Crippen molar-refractivity contribution in [3.8, 4) is 5.75 Å². The van der Waals surface area contributed by atoms with Crippen LogP contribution in [0.3, 0.4) is 0 Å². The molecule has 6 heteroatoms. The summed E-state index contributed by atoms with van der Waals surface area (Å²) < 4.78 is 11.2. The third-order valence-electron chi connectivity index (χ3n) is 2.54. The Morgan fingerprint density at radius 2 is 2.05 bits per heavy atom. The first-order chi connectivity index (χ1) is 10.0. The maximum atomic E-state index is 11.6. The van der Waals surface area contributed by atoms with Crippen molar-refractivity contribution in [3.05, 3.63) is 51.9 Å². The van der Waals surface area contributed by atoms with E-state index in [9.17, 15) is 4.79 Å². The number of benzene rings is 1. The van der Waals surface area contributed by atoms with Gasteiger partial charge in [0.25, 0.3) is 5.91 Å². The second-order valence-electron chi connectivity index (χ2n) is 4.55. The Balaban J connectivity index is 1.80. The molecule has 0 unspecified atom stereocenters. The number of aryl methyl sites for hydroxylation is 2. The molecule has 1 heterocycles. The van der Waals surface area contributed by atoms with Gasteiger partial charge in [0.2, 0.25) is 0 Å². The van der Waals surface area contributed by atoms with Crippen LogP contribution >= 0.6 is 15.9 Å². The lowest BCUT2D eigenvalue weighted by atomic mass is 10.1. The van der Waals surface area contributed by atoms with E-state index in [1.165, 1.54) is 6.21 Å². The maximum absolute atomic E-state index is 11.6. The largest absolute Gasteiger partial charge is 0.484 e. The first-order valence-electron chi connectivity index (χ1n) is 6.31. The number of amides is 1. The molecule has 1 aromatic heterocycles. The summed E-state index contributed by atoms with van der Waals surface area (Å²) in [7, 11) is 0. The lowest BCUT2D eigenvalue weighted by molar-refractivity contribution is -0.123. The number of nitrogens with zero attached hydrogens (tertiary/aromatic N) is 1. The fourth-order valence-corrected chi connectivity index (χ4v) is 2.08. The van der Waals surface area contributed by atoms with Crippen LogP contribution in [0, 0.1) is 13.8 Å². The van der Waals surface area contributed by atoms with Gasteiger partial charge in [0.15, 0.2) is 11.3 Å². The number of carbonyl (C=O) groups is 1. The van der Waals surface area contributed by atoms with Gasteiger partial charge >= 0.3 is 0 Å². The van der Waals surface area contributed by atoms with Crippen LogP contribution < -0.4 is 10.2 Å². The highest BCUT2D eigenvalue weighted by atomic mass is 79.9. The molecule has 1 aromatic carbocycles. The molecule has 0 saturated heterocycles. The van der Waals surface area contributed by atoms with Crippen LogP contribution in [0.4, 0.5) is 0 Å². The number of hydrogen-bond donors (Lipinski definition) is 1. The van der Waals surface area contributed by atoms with Crippen molar-refractivity contribution in [1.29, 1.82) is 0 Å². The smallest absolute Gasteiger partial charge is 0.277 e. The van der Waals surface area contributed by atoms with E-state index in [1.54, 1.807) is 12.1 Å². The molecule has 0 saturated carbocycles. The van der Waals surface area contributed by atoms with Crippen LogP contribution in [0.15, 0.2) is 44.5 Å². The van der Waals surface area contributed by atoms with Crippen molar-refractivity contribution in [2.24, 2.45) is 5.10 Å². The van der Waals surface area contributed by atoms with Crippen molar-refractivity contribution in [3.63, 3.8) is 0 Å². The van der Waals surface area contributed by atoms with E-state index in [-0.39, 0.29) is 12.5 Å². The molecule has 21 heavy (non-hydrogen) atoms. The Morgan fingerprint density at radius 3 is 2.67 bits per heavy atom. The Morgan fingerprint density at radius 1 is 1.33 bits per heavy atom. The van der Waals surface area contributed by atoms with Gasteiger partial charge in [-0.3, -0.25) is 4.79 Å². The summed E-state index contributed by atoms with van der Waals surface area (Å²) in [5, 5.41) is 3.78. The lowest BCUT2D eigenvalue weighted by Crippen LogP contribution is -2.24. The molecule has 0 bridgehead atoms. The van der Waals surface area contributed by atoms with Crippen molar-refractivity contribution in [1.82, 2.24) is 5.43 Å². The summed E-state index contributed by atoms with van der Waals surface area (Å²) in [6.07, 6.45) is 1.42. The average molecular weight is 351 g/mol. The standard InChI is InChI=1S/C15H15BrN2O3/c1-10-5-11(2)7-13(6-10)20-9-15(19)18-17-8-12-3-4-14(16)21-12/h3-8H,9H2,1-2H3,(H,18,19)/b17-8+. The normalized spacial score (nSPS) is 10.8. The maximum Gasteiger partial charge on any atom is 0.277 e. The van der Waals surface area contributed by atoms with Crippen LogP contribution in [0.2, 0.25) is 0 Å². The van der Waals surface area contributed by atoms with E-state index < -0.39 is 0 Å². The number of hydrazone groups is 1. The van der Waals surface area contributed by atoms with E-state index in [4.69, 9.17) is 9.15 Å². The van der Waals surface area contributed by atoms with Crippen LogP contribution in [-0.4, -0.2) is 18.7 Å². The van der Waals surface area contributed by atoms with Gasteiger partial charge in [-0.25, -0.2) is 5.43 Å². The third-order valence-corrected chi connectivity index (χ3v) is 2.97. The summed E-state index contributed by atoms with van der Waals surface area (Å²) in [5.74, 6) is 0.870. The second-order valence-corrected chi connectivity index (χ2v) is 5.33. The second kappa shape index (κ2) is 7.08. The Labute approximate surface area is 131 Å². The zero-order valence-electron chi connectivity index (χ0n) is 11.7. The van der Waals surface area contributed by atoms with Gasteiger partial charge < -0.3 is 9.15 Å². The molecule has 0 radical (unpaired) electrons. The lowest BCUT2D eigenvalue weighted by Gasteiger charge is -2.07. The molecule has 1 N–H and O–H groups in total. The average Bonchev–Trinajstić information content (AvgIpc) is 2.81. The molecule has 0 spiro atoms. The Hall–Kier alpha value is -2.08. The van der Waals surface area contributed by atoms with Crippen molar-refractivity contribution in [2.75, 3.05) is 6.61 Å². The summed E-state index contributed by atoms with van der Waals surface area (Å²) in [6, 6.07) is 9.27. The number of rotatable bonds is 5. The topological polar surface area (TPSA) is 63.8 Å². The molecule has 0 aliphatic heterocycles. The van der Waals surface area contributed by atoms with Crippen LogP contribution in [0.25, 0.3) is 0 Å². The fourth-order valence-electron chi connectivity index (χ4n) is 1.76. The fraction of sp³-hybridized carbons (Fsp3) is 0.200. The number of halogens is 1. The molecule has 0 aliphatic carbocycles. The van der Waals surface area contributed by atoms with Gasteiger partial charge in [0, 0.05) is 0 Å². The highest BCUT2D eigenvalue weighted by molar-refractivity contribution is 9.10. The quantitative estimate of drug-likeness (QED) is 0.665. The summed E-state index contributed by atoms with van der Waals surface area (Å²) >= 11 is 3.18. The molecule has 1 amide bonds. The first-order valence-corrected chi connectivity index (χ1v) is 7.10. The van der Waals surface area contributed by atoms with Gasteiger partial charge in [-0.2, -0.15) is 5.10 Å². The Kier molecular flexibility index (Phi) is 5.16. The highest BCUT2D eigenvalue weighted by Gasteiger charge is 2.03. The number of nitrogens with one attached hydrogen (secondary N) is 1. The predicted octanol–water partition coefficient (Wildman–Crippen LogP) is 3.19. The number of carbonyl (C=O) groups excluding carboxylic acids is 1. The molecule has 0 aliphatic rings. The molecule has 0 atom stereocenters. The van der Waals surface area contributed by atoms with Gasteiger partial charge in [0.05, 0.1) is 6.21 Å². The zero-order chi connectivity index (χ0) is 15.2. The minimum absolute atomic E-state index is 0.0952. The van der Waals surface area contributed by atoms with Crippen LogP contribution in [0.1, 0.15) is 16.9 Å². The summed E-state index contributed by atoms with van der Waals surface area (Å²) in [5.41, 5.74) is 4.55. The van der Waals surface area contributed by atoms with E-state index in [0.29, 0.717) is 16.2 Å². The number of ether oxygens (including phenoxy) is 1. The van der Waals surface area contributed by atoms with Gasteiger partial charge in [0.1, 0.15) is 11.5 Å². The van der Waals surface area contributed by atoms with Gasteiger partial charge in [-0.1, -0.05) is 6.07 Å². The summed E-state index contributed by atoms with van der Waals surface area (Å²) in [6.45, 7) is 3.86. The molecular formula is C15H15BrN2O3. The van der Waals surface area contributed by atoms with E-state index in [0.717, 1.165) is 11.1 Å². The van der Waals surface area contributed by atoms with E-state index in [1.807, 2.05) is 32.0 Å². The Bertz CT molecular complexity index is 644. The first kappa shape index (κ1) is 15.3. The minimum Gasteiger partial charge on any atom is -0.484 e. The molecule has 2 aromatic rings. The monoisotopic (exact) mass is 350 g/mol. The molecule has 0 fully saturated rings. The minimum atomic E-state index is -0.337. The van der Waals surface area contributed by atoms with Gasteiger partial charge in [-0.05, 0) is 65.2 Å². The summed E-state index contributed by atoms with van der Waals surface area (Å²) in [4.78, 5) is 11.6. The third kappa shape index (κ3) is 5.07. The van der Waals surface area contributed by atoms with Crippen LogP contribution in [-0.2, 0) is 4.79 Å². The van der Waals surface area contributed by atoms with Crippen molar-refractivity contribution in [2.45, 2.75) is 13.8 Å². The molecule has 5 nitrogen and oxygen atoms in total. The van der Waals surface area contributed by atoms with Crippen molar-refractivity contribution >= 4 is 28.1 Å². The molecule has 110 valence electrons. The van der Waals surface area contributed by atoms with Gasteiger partial charge in [-0.15, -0.1) is 0 Å². The van der Waals surface area contributed by atoms with E-state index in [2.05, 4.69) is 26.5 Å². The number of hydrogen-bond acceptors (Lipinski definition) is 4.